The number of carbonyl (C=O) groups excluding carboxylic acids is 11. The quantitative estimate of drug-likeness (QED) is 0.0129. The summed E-state index contributed by atoms with van der Waals surface area (Å²) in [4.78, 5) is 153. The number of urea groups is 2. The van der Waals surface area contributed by atoms with Crippen molar-refractivity contribution in [1.29, 1.82) is 0 Å². The van der Waals surface area contributed by atoms with E-state index in [1.807, 2.05) is 26.0 Å². The molecule has 101 heavy (non-hydrogen) atoms. The van der Waals surface area contributed by atoms with Crippen LogP contribution in [0.25, 0.3) is 16.4 Å². The molecule has 2 aliphatic heterocycles. The fourth-order valence-corrected chi connectivity index (χ4v) is 11.3. The van der Waals surface area contributed by atoms with Crippen molar-refractivity contribution < 1.29 is 81.5 Å². The smallest absolute Gasteiger partial charge is 0.415 e. The number of pyridine rings is 1. The van der Waals surface area contributed by atoms with Crippen LogP contribution in [0.3, 0.4) is 0 Å². The van der Waals surface area contributed by atoms with E-state index in [-0.39, 0.29) is 133 Å². The minimum atomic E-state index is -1.17. The number of imide groups is 1. The van der Waals surface area contributed by atoms with E-state index in [0.29, 0.717) is 51.4 Å². The molecule has 4 aromatic carbocycles. The number of imidazole rings is 1. The maximum absolute atomic E-state index is 14.7. The molecule has 0 radical (unpaired) electrons. The lowest BCUT2D eigenvalue weighted by molar-refractivity contribution is -0.137. The highest BCUT2D eigenvalue weighted by atomic mass is 35.5. The van der Waals surface area contributed by atoms with E-state index in [9.17, 15) is 57.8 Å². The van der Waals surface area contributed by atoms with Crippen molar-refractivity contribution in [3.8, 4) is 11.5 Å². The Hall–Kier alpha value is -11.1. The Kier molecular flexibility index (Phi) is 27.1. The summed E-state index contributed by atoms with van der Waals surface area (Å²) >= 11 is 6.68. The number of fused-ring (bicyclic) bond motifs is 4. The molecule has 0 aliphatic carbocycles. The summed E-state index contributed by atoms with van der Waals surface area (Å²) in [6.45, 7) is 6.89. The van der Waals surface area contributed by atoms with Gasteiger partial charge in [0, 0.05) is 118 Å². The number of ether oxygens (including phenoxy) is 5. The lowest BCUT2D eigenvalue weighted by Crippen LogP contribution is -2.54. The van der Waals surface area contributed by atoms with Gasteiger partial charge in [-0.15, -0.1) is 11.6 Å². The largest absolute Gasteiger partial charge is 0.491 e. The van der Waals surface area contributed by atoms with Gasteiger partial charge in [-0.05, 0) is 110 Å². The second kappa shape index (κ2) is 36.2. The highest BCUT2D eigenvalue weighted by Crippen LogP contribution is 2.47. The Morgan fingerprint density at radius 1 is 0.762 bits per heavy atom. The number of primary amides is 2. The number of likely N-dealkylation sites (N-methyl/N-ethyl adjacent to an activating group) is 1. The second-order valence-electron chi connectivity index (χ2n) is 24.2. The molecule has 13 amide bonds. The lowest BCUT2D eigenvalue weighted by atomic mass is 9.92. The average Bonchev–Trinajstić information content (AvgIpc) is 1.61. The zero-order chi connectivity index (χ0) is 72.9. The summed E-state index contributed by atoms with van der Waals surface area (Å²) in [6, 6.07) is 19.5. The Morgan fingerprint density at radius 3 is 2.15 bits per heavy atom. The van der Waals surface area contributed by atoms with Crippen LogP contribution in [0.15, 0.2) is 109 Å². The zero-order valence-electron chi connectivity index (χ0n) is 56.5. The second-order valence-corrected chi connectivity index (χ2v) is 24.5. The predicted octanol–water partition coefficient (Wildman–Crippen LogP) is 5.87. The van der Waals surface area contributed by atoms with Gasteiger partial charge >= 0.3 is 30.3 Å². The van der Waals surface area contributed by atoms with Crippen LogP contribution in [0.4, 0.5) is 41.0 Å². The topological polar surface area (TPSA) is 409 Å². The summed E-state index contributed by atoms with van der Waals surface area (Å²) in [6.07, 6.45) is 3.74. The number of aryl methyl sites for hydroxylation is 1. The van der Waals surface area contributed by atoms with Crippen molar-refractivity contribution in [1.82, 2.24) is 45.4 Å². The van der Waals surface area contributed by atoms with Crippen LogP contribution in [0.2, 0.25) is 0 Å². The number of nitrogens with two attached hydrogens (primary N) is 2. The standard InChI is InChI=1S/C69H83ClN14O17/c1-41(2)60(79-67(94)98-34-33-97-32-30-83-56(86)22-23-57(83)87)63(90)78-51(11-7-25-73-65(71)92)62(89)75-47-16-12-44(13-17-47)40-99-68(95)80(5)28-29-81(27-8-26-74-66(72)93)69(96)101-54-35-53-59(58-42(3)9-6-10-50(54)58)46(36-70)37-84(53)64(91)52-39-82-38-48(18-21-55(82)77-52)76-61(88)45-14-19-49(20-15-45)100-43(4)24-31-85/h6,9-10,12-23,35,38-39,41,43,46,51,60,85H,7-8,11,24-34,36-37,40H2,1-5H3,(H,75,89)(H,76,88)(H,78,90)(H,79,94)(H3,71,73,92)(H3,72,74,93)/t43?,46-,51+,60+/m1/s1. The minimum absolute atomic E-state index is 0.00452. The predicted molar refractivity (Wildman–Crippen MR) is 371 cm³/mol. The number of halogens is 1. The van der Waals surface area contributed by atoms with E-state index < -0.39 is 77.9 Å². The number of aliphatic hydroxyl groups excluding tert-OH is 1. The van der Waals surface area contributed by atoms with E-state index in [2.05, 4.69) is 36.9 Å². The van der Waals surface area contributed by atoms with Crippen LogP contribution < -0.4 is 57.7 Å². The first-order valence-corrected chi connectivity index (χ1v) is 33.2. The molecule has 0 fully saturated rings. The molecule has 0 bridgehead atoms. The molecule has 0 saturated carbocycles. The maximum Gasteiger partial charge on any atom is 0.415 e. The van der Waals surface area contributed by atoms with Gasteiger partial charge in [0.1, 0.15) is 48.1 Å². The number of anilines is 3. The van der Waals surface area contributed by atoms with Gasteiger partial charge in [-0.25, -0.2) is 29.0 Å². The van der Waals surface area contributed by atoms with Gasteiger partial charge in [0.25, 0.3) is 23.6 Å². The number of nitrogens with one attached hydrogen (secondary N) is 6. The molecule has 0 spiro atoms. The van der Waals surface area contributed by atoms with Crippen LogP contribution >= 0.6 is 11.6 Å². The molecule has 538 valence electrons. The van der Waals surface area contributed by atoms with Gasteiger partial charge in [0.2, 0.25) is 11.8 Å². The number of carbonyl (C=O) groups is 11. The number of nitrogens with zero attached hydrogens (tertiary/aromatic N) is 6. The van der Waals surface area contributed by atoms with Crippen molar-refractivity contribution in [3.05, 3.63) is 137 Å². The highest BCUT2D eigenvalue weighted by molar-refractivity contribution is 6.19. The van der Waals surface area contributed by atoms with Crippen LogP contribution in [0.5, 0.6) is 11.5 Å². The van der Waals surface area contributed by atoms with Crippen LogP contribution in [-0.2, 0) is 40.0 Å². The maximum atomic E-state index is 14.7. The number of alkyl halides is 1. The van der Waals surface area contributed by atoms with E-state index in [1.165, 1.54) is 16.8 Å². The van der Waals surface area contributed by atoms with Crippen molar-refractivity contribution in [2.24, 2.45) is 17.4 Å². The molecule has 6 aromatic rings. The molecule has 1 unspecified atom stereocenters. The third-order valence-corrected chi connectivity index (χ3v) is 16.8. The summed E-state index contributed by atoms with van der Waals surface area (Å²) in [7, 11) is 1.48. The number of benzene rings is 4. The third kappa shape index (κ3) is 21.0. The average molecular weight is 1420 g/mol. The molecular weight excluding hydrogens is 1330 g/mol. The Morgan fingerprint density at radius 2 is 1.47 bits per heavy atom. The fourth-order valence-electron chi connectivity index (χ4n) is 11.1. The van der Waals surface area contributed by atoms with Crippen LogP contribution in [-0.4, -0.2) is 198 Å². The Bertz CT molecular complexity index is 4020. The molecule has 11 N–H and O–H groups in total. The Balaban J connectivity index is 0.876. The highest BCUT2D eigenvalue weighted by Gasteiger charge is 2.38. The summed E-state index contributed by atoms with van der Waals surface area (Å²) in [5, 5.41) is 26.3. The molecule has 4 heterocycles. The molecule has 2 aliphatic rings. The van der Waals surface area contributed by atoms with Crippen molar-refractivity contribution in [2.75, 3.05) is 101 Å². The van der Waals surface area contributed by atoms with Crippen LogP contribution in [0, 0.1) is 12.8 Å². The number of aromatic nitrogens is 2. The van der Waals surface area contributed by atoms with Gasteiger partial charge in [0.15, 0.2) is 0 Å². The number of rotatable bonds is 34. The van der Waals surface area contributed by atoms with Crippen LogP contribution in [0.1, 0.15) is 89.9 Å². The van der Waals surface area contributed by atoms with Crippen molar-refractivity contribution >= 4 is 111 Å². The fraction of sp³-hybridized carbons (Fsp3) is 0.391. The first-order valence-electron chi connectivity index (χ1n) is 32.7. The monoisotopic (exact) mass is 1410 g/mol. The van der Waals surface area contributed by atoms with Gasteiger partial charge < -0.3 is 91.3 Å². The normalized spacial score (nSPS) is 14.0. The van der Waals surface area contributed by atoms with E-state index in [0.717, 1.165) is 33.6 Å². The first-order chi connectivity index (χ1) is 48.4. The van der Waals surface area contributed by atoms with Gasteiger partial charge in [-0.2, -0.15) is 0 Å². The summed E-state index contributed by atoms with van der Waals surface area (Å²) < 4.78 is 29.9. The number of alkyl carbamates (subject to hydrolysis) is 1. The molecule has 8 rings (SSSR count). The van der Waals surface area contributed by atoms with Gasteiger partial charge in [-0.3, -0.25) is 33.7 Å². The molecule has 2 aromatic heterocycles. The third-order valence-electron chi connectivity index (χ3n) is 16.4. The lowest BCUT2D eigenvalue weighted by Gasteiger charge is -2.26. The van der Waals surface area contributed by atoms with Gasteiger partial charge in [0.05, 0.1) is 37.2 Å². The zero-order valence-corrected chi connectivity index (χ0v) is 57.3. The molecular formula is C69H83ClN14O17. The molecule has 31 nitrogen and oxygen atoms in total. The van der Waals surface area contributed by atoms with Crippen molar-refractivity contribution in [3.63, 3.8) is 0 Å². The number of aliphatic hydroxyl groups is 1. The van der Waals surface area contributed by atoms with E-state index >= 15 is 0 Å². The molecule has 0 saturated heterocycles. The minimum Gasteiger partial charge on any atom is -0.491 e. The molecule has 32 heteroatoms. The van der Waals surface area contributed by atoms with Crippen molar-refractivity contribution in [2.45, 2.75) is 84.1 Å². The SMILES string of the molecule is Cc1cccc2c(OC(=O)N(CCCNC(N)=O)CCN(C)C(=O)OCc3ccc(NC(=O)[C@H](CCCNC(N)=O)NC(=O)[C@@H](NC(=O)OCCOCCN4C(=O)C=CC4=O)C(C)C)cc3)cc3c(c12)[C@H](CCl)CN3C(=O)c1cn2cc(NC(=O)c3ccc(OC(C)CCO)cc3)ccc2n1. The summed E-state index contributed by atoms with van der Waals surface area (Å²) in [5.41, 5.74) is 14.8. The van der Waals surface area contributed by atoms with E-state index in [1.54, 1.807) is 108 Å². The van der Waals surface area contributed by atoms with Gasteiger partial charge in [-0.1, -0.05) is 44.2 Å². The first kappa shape index (κ1) is 75.7. The summed E-state index contributed by atoms with van der Waals surface area (Å²) in [5.74, 6) is -3.08. The number of amides is 13. The number of hydrogen-bond acceptors (Lipinski definition) is 18. The number of hydrogen-bond donors (Lipinski definition) is 9. The Labute approximate surface area is 586 Å². The van der Waals surface area contributed by atoms with E-state index in [4.69, 9.17) is 46.8 Å². The molecule has 4 atom stereocenters.